The Labute approximate surface area is 161 Å². The van der Waals surface area contributed by atoms with Crippen LogP contribution in [-0.2, 0) is 19.4 Å². The van der Waals surface area contributed by atoms with E-state index in [1.807, 2.05) is 19.2 Å². The van der Waals surface area contributed by atoms with E-state index in [1.165, 1.54) is 48.9 Å². The molecule has 1 aliphatic heterocycles. The van der Waals surface area contributed by atoms with Crippen LogP contribution in [-0.4, -0.2) is 41.1 Å². The van der Waals surface area contributed by atoms with Crippen LogP contribution in [0.1, 0.15) is 70.9 Å². The summed E-state index contributed by atoms with van der Waals surface area (Å²) in [5, 5.41) is 11.2. The number of piperidine rings is 1. The summed E-state index contributed by atoms with van der Waals surface area (Å²) < 4.78 is 0. The van der Waals surface area contributed by atoms with E-state index < -0.39 is 0 Å². The second-order valence-corrected chi connectivity index (χ2v) is 8.01. The second-order valence-electron chi connectivity index (χ2n) is 8.01. The summed E-state index contributed by atoms with van der Waals surface area (Å²) in [5.74, 6) is 0.633. The minimum absolute atomic E-state index is 0.0636. The molecule has 5 nitrogen and oxygen atoms in total. The van der Waals surface area contributed by atoms with Gasteiger partial charge in [-0.25, -0.2) is 0 Å². The third-order valence-corrected chi connectivity index (χ3v) is 6.05. The number of carbonyl (C=O) groups is 1. The molecule has 0 bridgehead atoms. The van der Waals surface area contributed by atoms with Crippen LogP contribution < -0.4 is 5.32 Å². The summed E-state index contributed by atoms with van der Waals surface area (Å²) in [6, 6.07) is 8.21. The SMILES string of the molecule is CN(Cc1n[nH]c2c1CCCCC2)C(=O)c1ccc(C2CCCNC2)cc1. The number of fused-ring (bicyclic) bond motifs is 1. The Morgan fingerprint density at radius 1 is 1.15 bits per heavy atom. The van der Waals surface area contributed by atoms with Gasteiger partial charge in [0.1, 0.15) is 0 Å². The normalized spacial score (nSPS) is 20.0. The highest BCUT2D eigenvalue weighted by Crippen LogP contribution is 2.25. The molecule has 2 N–H and O–H groups in total. The largest absolute Gasteiger partial charge is 0.336 e. The van der Waals surface area contributed by atoms with Gasteiger partial charge >= 0.3 is 0 Å². The van der Waals surface area contributed by atoms with Crippen LogP contribution in [0, 0.1) is 0 Å². The zero-order valence-corrected chi connectivity index (χ0v) is 16.3. The fourth-order valence-corrected chi connectivity index (χ4v) is 4.41. The van der Waals surface area contributed by atoms with Crippen LogP contribution in [0.3, 0.4) is 0 Å². The molecule has 1 aromatic carbocycles. The van der Waals surface area contributed by atoms with Crippen LogP contribution >= 0.6 is 0 Å². The summed E-state index contributed by atoms with van der Waals surface area (Å²) in [7, 11) is 1.87. The molecule has 0 radical (unpaired) electrons. The molecule has 27 heavy (non-hydrogen) atoms. The van der Waals surface area contributed by atoms with Gasteiger partial charge < -0.3 is 10.2 Å². The number of amides is 1. The van der Waals surface area contributed by atoms with Gasteiger partial charge in [-0.2, -0.15) is 5.10 Å². The molecule has 1 saturated heterocycles. The van der Waals surface area contributed by atoms with Crippen LogP contribution in [0.25, 0.3) is 0 Å². The maximum absolute atomic E-state index is 12.9. The Morgan fingerprint density at radius 3 is 2.74 bits per heavy atom. The number of benzene rings is 1. The summed E-state index contributed by atoms with van der Waals surface area (Å²) in [6.45, 7) is 2.73. The molecule has 4 rings (SSSR count). The second kappa shape index (κ2) is 8.26. The van der Waals surface area contributed by atoms with Gasteiger partial charge in [-0.3, -0.25) is 9.89 Å². The zero-order chi connectivity index (χ0) is 18.6. The van der Waals surface area contributed by atoms with E-state index in [0.717, 1.165) is 37.2 Å². The Hall–Kier alpha value is -2.14. The number of nitrogens with zero attached hydrogens (tertiary/aromatic N) is 2. The fraction of sp³-hybridized carbons (Fsp3) is 0.545. The van der Waals surface area contributed by atoms with Crippen molar-refractivity contribution in [1.82, 2.24) is 20.4 Å². The van der Waals surface area contributed by atoms with Crippen LogP contribution in [0.5, 0.6) is 0 Å². The summed E-state index contributed by atoms with van der Waals surface area (Å²) in [5.41, 5.74) is 5.74. The smallest absolute Gasteiger partial charge is 0.253 e. The predicted octanol–water partition coefficient (Wildman–Crippen LogP) is 3.42. The highest BCUT2D eigenvalue weighted by molar-refractivity contribution is 5.94. The lowest BCUT2D eigenvalue weighted by atomic mass is 9.91. The third kappa shape index (κ3) is 4.08. The number of aryl methyl sites for hydroxylation is 1. The number of hydrogen-bond donors (Lipinski definition) is 2. The molecule has 1 aromatic heterocycles. The minimum atomic E-state index is 0.0636. The van der Waals surface area contributed by atoms with Gasteiger partial charge in [0, 0.05) is 24.8 Å². The maximum atomic E-state index is 12.9. The Kier molecular flexibility index (Phi) is 5.58. The van der Waals surface area contributed by atoms with Crippen LogP contribution in [0.4, 0.5) is 0 Å². The number of aromatic nitrogens is 2. The first-order valence-corrected chi connectivity index (χ1v) is 10.3. The molecule has 1 unspecified atom stereocenters. The number of nitrogens with one attached hydrogen (secondary N) is 2. The van der Waals surface area contributed by atoms with Crippen molar-refractivity contribution in [1.29, 1.82) is 0 Å². The van der Waals surface area contributed by atoms with Gasteiger partial charge in [-0.05, 0) is 74.2 Å². The zero-order valence-electron chi connectivity index (χ0n) is 16.3. The van der Waals surface area contributed by atoms with E-state index in [9.17, 15) is 4.79 Å². The van der Waals surface area contributed by atoms with Crippen molar-refractivity contribution in [2.75, 3.05) is 20.1 Å². The molecule has 1 atom stereocenters. The molecule has 1 fully saturated rings. The average molecular weight is 367 g/mol. The first-order chi connectivity index (χ1) is 13.2. The first-order valence-electron chi connectivity index (χ1n) is 10.3. The quantitative estimate of drug-likeness (QED) is 0.815. The Bertz CT molecular complexity index is 774. The molecule has 2 heterocycles. The Morgan fingerprint density at radius 2 is 1.96 bits per heavy atom. The predicted molar refractivity (Wildman–Crippen MR) is 107 cm³/mol. The Balaban J connectivity index is 1.42. The molecule has 1 amide bonds. The fourth-order valence-electron chi connectivity index (χ4n) is 4.41. The molecule has 2 aromatic rings. The number of hydrogen-bond acceptors (Lipinski definition) is 3. The highest BCUT2D eigenvalue weighted by atomic mass is 16.2. The lowest BCUT2D eigenvalue weighted by Gasteiger charge is -2.23. The lowest BCUT2D eigenvalue weighted by molar-refractivity contribution is 0.0783. The van der Waals surface area contributed by atoms with Gasteiger partial charge in [-0.1, -0.05) is 18.6 Å². The number of H-pyrrole nitrogens is 1. The molecule has 5 heteroatoms. The standard InChI is InChI=1S/C22H30N4O/c1-26(15-21-19-7-3-2-4-8-20(19)24-25-21)22(27)17-11-9-16(10-12-17)18-6-5-13-23-14-18/h9-12,18,23H,2-8,13-15H2,1H3,(H,24,25). The van der Waals surface area contributed by atoms with E-state index in [1.54, 1.807) is 4.90 Å². The number of rotatable bonds is 4. The number of carbonyl (C=O) groups excluding carboxylic acids is 1. The van der Waals surface area contributed by atoms with Gasteiger partial charge in [0.15, 0.2) is 0 Å². The van der Waals surface area contributed by atoms with E-state index in [0.29, 0.717) is 12.5 Å². The van der Waals surface area contributed by atoms with E-state index in [2.05, 4.69) is 27.6 Å². The lowest BCUT2D eigenvalue weighted by Crippen LogP contribution is -2.28. The molecular formula is C22H30N4O. The van der Waals surface area contributed by atoms with Crippen molar-refractivity contribution in [3.05, 3.63) is 52.3 Å². The maximum Gasteiger partial charge on any atom is 0.253 e. The van der Waals surface area contributed by atoms with Crippen molar-refractivity contribution in [2.45, 2.75) is 57.4 Å². The van der Waals surface area contributed by atoms with E-state index in [-0.39, 0.29) is 5.91 Å². The average Bonchev–Trinajstić information content (AvgIpc) is 2.94. The molecule has 0 saturated carbocycles. The van der Waals surface area contributed by atoms with Crippen molar-refractivity contribution >= 4 is 5.91 Å². The molecule has 144 valence electrons. The molecule has 1 aliphatic carbocycles. The topological polar surface area (TPSA) is 61.0 Å². The van der Waals surface area contributed by atoms with Gasteiger partial charge in [0.25, 0.3) is 5.91 Å². The third-order valence-electron chi connectivity index (χ3n) is 6.05. The summed E-state index contributed by atoms with van der Waals surface area (Å²) >= 11 is 0. The van der Waals surface area contributed by atoms with Gasteiger partial charge in [0.05, 0.1) is 12.2 Å². The molecule has 2 aliphatic rings. The van der Waals surface area contributed by atoms with Gasteiger partial charge in [0.2, 0.25) is 0 Å². The summed E-state index contributed by atoms with van der Waals surface area (Å²) in [6.07, 6.45) is 8.33. The molecule has 0 spiro atoms. The van der Waals surface area contributed by atoms with E-state index in [4.69, 9.17) is 0 Å². The monoisotopic (exact) mass is 366 g/mol. The first kappa shape index (κ1) is 18.2. The van der Waals surface area contributed by atoms with Crippen molar-refractivity contribution < 1.29 is 4.79 Å². The minimum Gasteiger partial charge on any atom is -0.336 e. The van der Waals surface area contributed by atoms with Crippen LogP contribution in [0.2, 0.25) is 0 Å². The van der Waals surface area contributed by atoms with Crippen molar-refractivity contribution in [3.63, 3.8) is 0 Å². The summed E-state index contributed by atoms with van der Waals surface area (Å²) in [4.78, 5) is 14.7. The van der Waals surface area contributed by atoms with Crippen molar-refractivity contribution in [3.8, 4) is 0 Å². The van der Waals surface area contributed by atoms with E-state index >= 15 is 0 Å². The highest BCUT2D eigenvalue weighted by Gasteiger charge is 2.20. The van der Waals surface area contributed by atoms with Crippen LogP contribution in [0.15, 0.2) is 24.3 Å². The van der Waals surface area contributed by atoms with Gasteiger partial charge in [-0.15, -0.1) is 0 Å². The molecular weight excluding hydrogens is 336 g/mol. The number of aromatic amines is 1. The van der Waals surface area contributed by atoms with Crippen molar-refractivity contribution in [2.24, 2.45) is 0 Å².